The molecule has 0 unspecified atom stereocenters. The Balaban J connectivity index is 0.000000187. The van der Waals surface area contributed by atoms with Crippen LogP contribution in [0.5, 0.6) is 0 Å². The molecule has 0 spiro atoms. The highest BCUT2D eigenvalue weighted by Crippen LogP contribution is 2.47. The van der Waals surface area contributed by atoms with E-state index >= 15 is 0 Å². The van der Waals surface area contributed by atoms with Crippen LogP contribution in [0.3, 0.4) is 0 Å². The minimum absolute atomic E-state index is 0.179. The summed E-state index contributed by atoms with van der Waals surface area (Å²) in [6.45, 7) is 0. The summed E-state index contributed by atoms with van der Waals surface area (Å²) in [5, 5.41) is 69.3. The van der Waals surface area contributed by atoms with Crippen molar-refractivity contribution in [3.8, 4) is 0 Å². The van der Waals surface area contributed by atoms with E-state index in [0.29, 0.717) is 17.5 Å². The molecule has 0 atom stereocenters. The third-order valence-electron chi connectivity index (χ3n) is 6.98. The summed E-state index contributed by atoms with van der Waals surface area (Å²) in [6.07, 6.45) is 1.36. The van der Waals surface area contributed by atoms with Crippen molar-refractivity contribution in [2.75, 3.05) is 0 Å². The summed E-state index contributed by atoms with van der Waals surface area (Å²) in [7, 11) is 0. The Morgan fingerprint density at radius 1 is 0.543 bits per heavy atom. The first-order valence-corrected chi connectivity index (χ1v) is 12.4. The van der Waals surface area contributed by atoms with Gasteiger partial charge in [-0.05, 0) is 46.0 Å². The molecule has 19 heteroatoms. The van der Waals surface area contributed by atoms with Crippen molar-refractivity contribution >= 4 is 61.7 Å². The van der Waals surface area contributed by atoms with Crippen LogP contribution in [-0.4, -0.2) is 35.3 Å². The predicted octanol–water partition coefficient (Wildman–Crippen LogP) is 5.44. The molecule has 46 heavy (non-hydrogen) atoms. The molecule has 228 valence electrons. The molecule has 4 aromatic carbocycles. The largest absolute Gasteiger partial charge is 0.353 e. The van der Waals surface area contributed by atoms with E-state index in [4.69, 9.17) is 0 Å². The number of carbonyl (C=O) groups excluding carboxylic acids is 1. The maximum Gasteiger partial charge on any atom is 0.353 e. The van der Waals surface area contributed by atoms with Crippen molar-refractivity contribution in [2.45, 2.75) is 0 Å². The number of hydrogen-bond donors (Lipinski definition) is 0. The van der Waals surface area contributed by atoms with E-state index in [-0.39, 0.29) is 16.5 Å². The number of nitro benzene ring substituents is 4. The number of fused-ring (bicyclic) bond motifs is 5. The zero-order valence-electron chi connectivity index (χ0n) is 22.4. The number of Topliss-reactive ketones (excluding diaryl/α,β-unsaturated/α-hetero) is 1. The maximum absolute atomic E-state index is 12.2. The number of carbonyl (C=O) groups is 1. The van der Waals surface area contributed by atoms with Gasteiger partial charge in [0.2, 0.25) is 0 Å². The van der Waals surface area contributed by atoms with E-state index in [1.807, 2.05) is 24.3 Å². The van der Waals surface area contributed by atoms with Gasteiger partial charge in [-0.2, -0.15) is 0 Å². The van der Waals surface area contributed by atoms with Crippen LogP contribution in [0.2, 0.25) is 0 Å². The van der Waals surface area contributed by atoms with Crippen molar-refractivity contribution < 1.29 is 34.3 Å². The third-order valence-corrected chi connectivity index (χ3v) is 6.98. The van der Waals surface area contributed by atoms with Gasteiger partial charge in [-0.1, -0.05) is 24.3 Å². The summed E-state index contributed by atoms with van der Waals surface area (Å²) in [6, 6.07) is 15.0. The third kappa shape index (κ3) is 5.00. The van der Waals surface area contributed by atoms with Crippen LogP contribution in [0.1, 0.15) is 11.1 Å². The molecule has 0 N–H and O–H groups in total. The Labute approximate surface area is 251 Å². The first-order chi connectivity index (χ1) is 21.7. The van der Waals surface area contributed by atoms with Gasteiger partial charge in [-0.15, -0.1) is 0 Å². The van der Waals surface area contributed by atoms with Gasteiger partial charge in [0.1, 0.15) is 0 Å². The lowest BCUT2D eigenvalue weighted by Gasteiger charge is -2.10. The van der Waals surface area contributed by atoms with E-state index in [2.05, 4.69) is 0 Å². The number of non-ortho nitro benzene ring substituents is 1. The van der Waals surface area contributed by atoms with Gasteiger partial charge in [0, 0.05) is 17.7 Å². The number of rotatable bonds is 6. The molecule has 0 heterocycles. The molecule has 4 aromatic rings. The molecular formula is C27H12N6O13. The molecule has 0 bridgehead atoms. The second-order valence-electron chi connectivity index (χ2n) is 9.50. The summed E-state index contributed by atoms with van der Waals surface area (Å²) < 4.78 is 0. The molecule has 0 aromatic heterocycles. The van der Waals surface area contributed by atoms with Crippen LogP contribution in [0.25, 0.3) is 33.2 Å². The molecular weight excluding hydrogens is 616 g/mol. The minimum Gasteiger partial charge on any atom is -0.282 e. The summed E-state index contributed by atoms with van der Waals surface area (Å²) in [5.41, 5.74) is -5.89. The van der Waals surface area contributed by atoms with Crippen LogP contribution in [0.4, 0.5) is 22.7 Å². The number of ketones is 1. The number of nitro groups is 6. The standard InChI is InChI=1S/C14H8N2O4.C13H4N4O9/c17-15(18)13-6-5-11-7-9-3-1-2-4-10(9)8-12(11)14(13)16(19)20;18-13-7-2-5-1-6(14(19)20)3-8(15(21)22)11(5)12(7)9(16(23)24)4-10(13)17(25)26/h1-8H;1-4H. The minimum atomic E-state index is -1.18. The zero-order valence-corrected chi connectivity index (χ0v) is 22.4. The molecule has 2 aliphatic carbocycles. The molecule has 0 amide bonds. The van der Waals surface area contributed by atoms with E-state index in [9.17, 15) is 65.5 Å². The van der Waals surface area contributed by atoms with Gasteiger partial charge in [0.15, 0.2) is 0 Å². The van der Waals surface area contributed by atoms with Gasteiger partial charge in [-0.3, -0.25) is 65.5 Å². The molecule has 0 fully saturated rings. The fourth-order valence-electron chi connectivity index (χ4n) is 5.09. The summed E-state index contributed by atoms with van der Waals surface area (Å²) in [4.78, 5) is 73.4. The first-order valence-electron chi connectivity index (χ1n) is 12.4. The quantitative estimate of drug-likeness (QED) is 0.146. The molecule has 0 radical (unpaired) electrons. The van der Waals surface area contributed by atoms with E-state index in [0.717, 1.165) is 22.9 Å². The molecule has 0 aliphatic heterocycles. The smallest absolute Gasteiger partial charge is 0.282 e. The van der Waals surface area contributed by atoms with Crippen LogP contribution in [0.15, 0.2) is 83.7 Å². The Hall–Kier alpha value is -7.31. The Morgan fingerprint density at radius 2 is 1.17 bits per heavy atom. The number of hydrogen-bond acceptors (Lipinski definition) is 13. The Bertz CT molecular complexity index is 2250. The van der Waals surface area contributed by atoms with Gasteiger partial charge < -0.3 is 0 Å². The predicted molar refractivity (Wildman–Crippen MR) is 156 cm³/mol. The van der Waals surface area contributed by atoms with Crippen LogP contribution in [0, 0.1) is 60.7 Å². The van der Waals surface area contributed by atoms with E-state index in [1.54, 1.807) is 12.1 Å². The second kappa shape index (κ2) is 11.1. The first kappa shape index (κ1) is 30.2. The van der Waals surface area contributed by atoms with Gasteiger partial charge in [-0.25, -0.2) is 0 Å². The highest BCUT2D eigenvalue weighted by atomic mass is 16.7. The average molecular weight is 628 g/mol. The lowest BCUT2D eigenvalue weighted by atomic mass is 9.91. The highest BCUT2D eigenvalue weighted by Gasteiger charge is 2.45. The number of nitrogens with zero attached hydrogens (tertiary/aromatic N) is 6. The fraction of sp³-hybridized carbons (Fsp3) is 0. The van der Waals surface area contributed by atoms with Gasteiger partial charge in [0.25, 0.3) is 22.9 Å². The van der Waals surface area contributed by atoms with Crippen molar-refractivity contribution in [1.29, 1.82) is 0 Å². The van der Waals surface area contributed by atoms with Crippen molar-refractivity contribution in [3.05, 3.63) is 156 Å². The van der Waals surface area contributed by atoms with Crippen LogP contribution >= 0.6 is 0 Å². The molecule has 2 aliphatic rings. The zero-order chi connectivity index (χ0) is 33.6. The highest BCUT2D eigenvalue weighted by molar-refractivity contribution is 6.26. The summed E-state index contributed by atoms with van der Waals surface area (Å²) >= 11 is 0. The number of allylic oxidation sites excluding steroid dienone is 3. The van der Waals surface area contributed by atoms with Crippen molar-refractivity contribution in [2.24, 2.45) is 0 Å². The molecule has 0 saturated carbocycles. The lowest BCUT2D eigenvalue weighted by Crippen LogP contribution is -2.20. The van der Waals surface area contributed by atoms with Crippen LogP contribution < -0.4 is 0 Å². The van der Waals surface area contributed by atoms with Crippen molar-refractivity contribution in [1.82, 2.24) is 0 Å². The van der Waals surface area contributed by atoms with Crippen LogP contribution in [-0.2, 0) is 4.79 Å². The lowest BCUT2D eigenvalue weighted by molar-refractivity contribution is -0.430. The Kier molecular flexibility index (Phi) is 7.26. The van der Waals surface area contributed by atoms with Gasteiger partial charge in [0.05, 0.1) is 58.2 Å². The summed E-state index contributed by atoms with van der Waals surface area (Å²) in [5.74, 6) is -1.18. The molecule has 0 saturated heterocycles. The SMILES string of the molecule is O=C1C2=Cc3cc([N+](=O)[O-])cc([N+](=O)[O-])c3C2=C([N+](=O)[O-])C=C1[N+](=O)[O-].O=[N+]([O-])c1ccc2cc3ccccc3cc2c1[N+](=O)[O-]. The van der Waals surface area contributed by atoms with Crippen molar-refractivity contribution in [3.63, 3.8) is 0 Å². The second-order valence-corrected chi connectivity index (χ2v) is 9.50. The topological polar surface area (TPSA) is 276 Å². The van der Waals surface area contributed by atoms with E-state index in [1.165, 1.54) is 12.1 Å². The monoisotopic (exact) mass is 628 g/mol. The normalized spacial score (nSPS) is 13.2. The number of benzene rings is 4. The van der Waals surface area contributed by atoms with Gasteiger partial charge >= 0.3 is 17.1 Å². The molecule has 6 rings (SSSR count). The Morgan fingerprint density at radius 3 is 1.72 bits per heavy atom. The fourth-order valence-corrected chi connectivity index (χ4v) is 5.09. The average Bonchev–Trinajstić information content (AvgIpc) is 3.39. The molecule has 19 nitrogen and oxygen atoms in total. The maximum atomic E-state index is 12.2. The van der Waals surface area contributed by atoms with E-state index < -0.39 is 80.6 Å².